The van der Waals surface area contributed by atoms with Crippen LogP contribution in [0.25, 0.3) is 22.3 Å². The highest BCUT2D eigenvalue weighted by molar-refractivity contribution is 5.88. The van der Waals surface area contributed by atoms with Gasteiger partial charge in [-0.1, -0.05) is 24.3 Å². The van der Waals surface area contributed by atoms with Crippen molar-refractivity contribution in [1.29, 1.82) is 0 Å². The Morgan fingerprint density at radius 2 is 1.27 bits per heavy atom. The van der Waals surface area contributed by atoms with E-state index in [2.05, 4.69) is 0 Å². The molecule has 0 saturated carbocycles. The molecule has 16 nitrogen and oxygen atoms in total. The van der Waals surface area contributed by atoms with Gasteiger partial charge in [0.2, 0.25) is 23.6 Å². The van der Waals surface area contributed by atoms with Gasteiger partial charge < -0.3 is 64.2 Å². The first kappa shape index (κ1) is 38.2. The van der Waals surface area contributed by atoms with E-state index in [1.807, 2.05) is 0 Å². The number of carbonyl (C=O) groups excluding carboxylic acids is 2. The largest absolute Gasteiger partial charge is 0.508 e. The Morgan fingerprint density at radius 3 is 1.85 bits per heavy atom. The van der Waals surface area contributed by atoms with Crippen molar-refractivity contribution in [1.82, 2.24) is 0 Å². The molecule has 1 aromatic heterocycles. The van der Waals surface area contributed by atoms with Gasteiger partial charge in [-0.05, 0) is 66.4 Å². The zero-order valence-corrected chi connectivity index (χ0v) is 28.8. The van der Waals surface area contributed by atoms with Crippen molar-refractivity contribution in [2.24, 2.45) is 0 Å². The standard InChI is InChI=1S/C39H36O16/c40-18-29-33(48)37(54-30(46)13-5-19-1-8-22(41)9-2-19)38(55-31(47)14-6-20-3-10-23(42)11-4-20)39(53-29)52-27-15-21(7-12-25(27)44)36-35(50)34(49)32-26(45)16-24(43)17-28(32)51-36/h1-4,7-12,15-17,29,33,37-45,48,50H,5-6,13-14,18H2/t29-,33-,37+,38-,39-/m1/s1. The minimum atomic E-state index is -1.76. The lowest BCUT2D eigenvalue weighted by molar-refractivity contribution is -0.286. The van der Waals surface area contributed by atoms with Gasteiger partial charge in [0.1, 0.15) is 46.2 Å². The first-order valence-electron chi connectivity index (χ1n) is 16.9. The average molecular weight is 761 g/mol. The van der Waals surface area contributed by atoms with Crippen molar-refractivity contribution >= 4 is 22.9 Å². The Hall–Kier alpha value is -6.49. The van der Waals surface area contributed by atoms with Gasteiger partial charge in [0.05, 0.1) is 6.61 Å². The number of phenols is 5. The zero-order valence-electron chi connectivity index (χ0n) is 28.8. The number of aryl methyl sites for hydroxylation is 2. The Bertz CT molecular complexity index is 2230. The summed E-state index contributed by atoms with van der Waals surface area (Å²) < 4.78 is 28.8. The van der Waals surface area contributed by atoms with Crippen molar-refractivity contribution in [2.75, 3.05) is 6.61 Å². The summed E-state index contributed by atoms with van der Waals surface area (Å²) in [5, 5.41) is 81.8. The molecule has 55 heavy (non-hydrogen) atoms. The number of phenolic OH excluding ortho intramolecular Hbond substituents is 5. The minimum absolute atomic E-state index is 0.0250. The summed E-state index contributed by atoms with van der Waals surface area (Å²) in [6, 6.07) is 17.6. The molecule has 2 heterocycles. The van der Waals surface area contributed by atoms with Crippen LogP contribution in [0.5, 0.6) is 40.2 Å². The molecule has 0 unspecified atom stereocenters. The van der Waals surface area contributed by atoms with Crippen LogP contribution in [0.2, 0.25) is 0 Å². The van der Waals surface area contributed by atoms with Gasteiger partial charge in [-0.2, -0.15) is 0 Å². The molecule has 6 rings (SSSR count). The van der Waals surface area contributed by atoms with Crippen LogP contribution in [0.1, 0.15) is 24.0 Å². The normalized spacial score (nSPS) is 19.5. The van der Waals surface area contributed by atoms with E-state index in [0.29, 0.717) is 11.1 Å². The topological polar surface area (TPSA) is 263 Å². The SMILES string of the molecule is O=C(CCc1ccc(O)cc1)O[C@H]1[C@H](Oc2cc(-c3oc4cc(O)cc(O)c4c(=O)c3O)ccc2O)O[C@H](CO)[C@@H](O)[C@@H]1OC(=O)CCc1ccc(O)cc1. The number of benzene rings is 4. The maximum atomic E-state index is 13.3. The summed E-state index contributed by atoms with van der Waals surface area (Å²) in [7, 11) is 0. The second-order valence-electron chi connectivity index (χ2n) is 12.7. The maximum Gasteiger partial charge on any atom is 0.306 e. The second-order valence-corrected chi connectivity index (χ2v) is 12.7. The lowest BCUT2D eigenvalue weighted by atomic mass is 9.98. The van der Waals surface area contributed by atoms with Crippen LogP contribution < -0.4 is 10.2 Å². The number of aliphatic hydroxyl groups excluding tert-OH is 2. The zero-order chi connectivity index (χ0) is 39.4. The summed E-state index contributed by atoms with van der Waals surface area (Å²) in [5.74, 6) is -5.01. The Labute approximate surface area is 311 Å². The van der Waals surface area contributed by atoms with Crippen molar-refractivity contribution < 1.29 is 73.8 Å². The van der Waals surface area contributed by atoms with Crippen LogP contribution in [-0.4, -0.2) is 90.1 Å². The van der Waals surface area contributed by atoms with Crippen LogP contribution in [0.15, 0.2) is 88.1 Å². The van der Waals surface area contributed by atoms with E-state index < -0.39 is 94.6 Å². The van der Waals surface area contributed by atoms with Gasteiger partial charge in [0, 0.05) is 30.5 Å². The first-order chi connectivity index (χ1) is 26.3. The minimum Gasteiger partial charge on any atom is -0.508 e. The number of rotatable bonds is 12. The predicted molar refractivity (Wildman–Crippen MR) is 190 cm³/mol. The summed E-state index contributed by atoms with van der Waals surface area (Å²) in [5.41, 5.74) is -0.00656. The van der Waals surface area contributed by atoms with E-state index in [4.69, 9.17) is 23.4 Å². The molecule has 0 spiro atoms. The van der Waals surface area contributed by atoms with Crippen molar-refractivity contribution in [3.8, 4) is 51.6 Å². The third-order valence-corrected chi connectivity index (χ3v) is 8.84. The number of hydrogen-bond acceptors (Lipinski definition) is 16. The number of aliphatic hydroxyl groups is 2. The Morgan fingerprint density at radius 1 is 0.691 bits per heavy atom. The van der Waals surface area contributed by atoms with E-state index in [1.165, 1.54) is 30.3 Å². The van der Waals surface area contributed by atoms with Crippen molar-refractivity contribution in [2.45, 2.75) is 56.4 Å². The molecule has 0 bridgehead atoms. The molecule has 16 heteroatoms. The number of ether oxygens (including phenoxy) is 4. The highest BCUT2D eigenvalue weighted by atomic mass is 16.7. The summed E-state index contributed by atoms with van der Waals surface area (Å²) >= 11 is 0. The summed E-state index contributed by atoms with van der Waals surface area (Å²) in [4.78, 5) is 39.4. The van der Waals surface area contributed by atoms with Crippen LogP contribution in [0.3, 0.4) is 0 Å². The highest BCUT2D eigenvalue weighted by Crippen LogP contribution is 2.40. The fourth-order valence-electron chi connectivity index (χ4n) is 5.98. The molecule has 0 radical (unpaired) electrons. The molecule has 1 aliphatic rings. The van der Waals surface area contributed by atoms with Crippen LogP contribution in [0.4, 0.5) is 0 Å². The molecule has 0 amide bonds. The lowest BCUT2D eigenvalue weighted by Crippen LogP contribution is -2.62. The number of hydrogen-bond donors (Lipinski definition) is 8. The van der Waals surface area contributed by atoms with Crippen LogP contribution in [-0.2, 0) is 36.6 Å². The van der Waals surface area contributed by atoms with E-state index in [9.17, 15) is 55.2 Å². The Balaban J connectivity index is 1.31. The van der Waals surface area contributed by atoms with Gasteiger partial charge in [-0.3, -0.25) is 14.4 Å². The van der Waals surface area contributed by atoms with Gasteiger partial charge in [0.15, 0.2) is 23.4 Å². The summed E-state index contributed by atoms with van der Waals surface area (Å²) in [6.45, 7) is -0.814. The van der Waals surface area contributed by atoms with E-state index in [0.717, 1.165) is 24.3 Å². The molecule has 8 N–H and O–H groups in total. The summed E-state index contributed by atoms with van der Waals surface area (Å²) in [6.07, 6.45) is -8.43. The van der Waals surface area contributed by atoms with Gasteiger partial charge in [-0.15, -0.1) is 0 Å². The third kappa shape index (κ3) is 8.67. The molecular weight excluding hydrogens is 724 g/mol. The molecule has 1 saturated heterocycles. The molecule has 288 valence electrons. The van der Waals surface area contributed by atoms with Gasteiger partial charge in [0.25, 0.3) is 0 Å². The molecule has 1 fully saturated rings. The van der Waals surface area contributed by atoms with E-state index in [-0.39, 0.29) is 48.3 Å². The van der Waals surface area contributed by atoms with E-state index in [1.54, 1.807) is 24.3 Å². The molecule has 5 aromatic rings. The third-order valence-electron chi connectivity index (χ3n) is 8.84. The van der Waals surface area contributed by atoms with Crippen molar-refractivity contribution in [3.05, 3.63) is 100 Å². The number of carbonyl (C=O) groups is 2. The lowest BCUT2D eigenvalue weighted by Gasteiger charge is -2.42. The molecule has 4 aromatic carbocycles. The Kier molecular flexibility index (Phi) is 11.3. The number of fused-ring (bicyclic) bond motifs is 1. The molecular formula is C39H36O16. The number of aromatic hydroxyl groups is 6. The monoisotopic (exact) mass is 760 g/mol. The maximum absolute atomic E-state index is 13.3. The fraction of sp³-hybridized carbons (Fsp3) is 0.256. The van der Waals surface area contributed by atoms with Crippen LogP contribution in [0, 0.1) is 0 Å². The molecule has 0 aliphatic carbocycles. The van der Waals surface area contributed by atoms with Crippen molar-refractivity contribution in [3.63, 3.8) is 0 Å². The fourth-order valence-corrected chi connectivity index (χ4v) is 5.98. The number of esters is 2. The highest BCUT2D eigenvalue weighted by Gasteiger charge is 2.51. The smallest absolute Gasteiger partial charge is 0.306 e. The average Bonchev–Trinajstić information content (AvgIpc) is 3.15. The first-order valence-corrected chi connectivity index (χ1v) is 16.9. The molecule has 1 aliphatic heterocycles. The van der Waals surface area contributed by atoms with Gasteiger partial charge >= 0.3 is 11.9 Å². The van der Waals surface area contributed by atoms with Crippen LogP contribution >= 0.6 is 0 Å². The quantitative estimate of drug-likeness (QED) is 0.0849. The van der Waals surface area contributed by atoms with Gasteiger partial charge in [-0.25, -0.2) is 0 Å². The van der Waals surface area contributed by atoms with E-state index >= 15 is 0 Å². The molecule has 5 atom stereocenters. The predicted octanol–water partition coefficient (Wildman–Crippen LogP) is 3.24. The second kappa shape index (κ2) is 16.3.